The van der Waals surface area contributed by atoms with Gasteiger partial charge in [0.25, 0.3) is 0 Å². The molecule has 254 valence electrons. The van der Waals surface area contributed by atoms with Gasteiger partial charge in [-0.3, -0.25) is 0 Å². The lowest BCUT2D eigenvalue weighted by atomic mass is 9.89. The molecular weight excluding hydrogens is 643 g/mol. The fourth-order valence-corrected chi connectivity index (χ4v) is 7.84. The maximum atomic E-state index is 7.33. The molecule has 0 bridgehead atoms. The van der Waals surface area contributed by atoms with Crippen LogP contribution in [0.4, 0.5) is 17.1 Å². The average Bonchev–Trinajstić information content (AvgIpc) is 3.20. The fraction of sp³-hybridized carbons (Fsp3) is 0.0588. The molecule has 2 nitrogen and oxygen atoms in total. The Morgan fingerprint density at radius 2 is 0.774 bits per heavy atom. The van der Waals surface area contributed by atoms with E-state index in [2.05, 4.69) is 208 Å². The van der Waals surface area contributed by atoms with E-state index in [-0.39, 0.29) is 0 Å². The number of rotatable bonds is 4. The molecule has 8 aromatic rings. The Balaban J connectivity index is 1.42. The molecule has 8 aromatic carbocycles. The van der Waals surface area contributed by atoms with E-state index < -0.39 is 0 Å². The standard InChI is InChI=1S/C51H39NO/c1-34-16-7-10-21-40(34)37-28-30-48-46(32-37)43-24-13-14-27-50(43)53-51-44(42-23-12-9-18-36(42)3)25-15-26-45(51)47-33-38(41-22-11-8-17-35(41)2)29-31-49(47)52(48)39-19-5-4-6-20-39/h4-33H,1-3H3. The molecule has 0 unspecified atom stereocenters. The zero-order valence-corrected chi connectivity index (χ0v) is 30.2. The van der Waals surface area contributed by atoms with Crippen molar-refractivity contribution in [3.63, 3.8) is 0 Å². The molecule has 1 heterocycles. The van der Waals surface area contributed by atoms with Crippen molar-refractivity contribution in [2.24, 2.45) is 0 Å². The van der Waals surface area contributed by atoms with Gasteiger partial charge in [0.1, 0.15) is 11.5 Å². The van der Waals surface area contributed by atoms with E-state index in [1.807, 2.05) is 0 Å². The van der Waals surface area contributed by atoms with Gasteiger partial charge in [0.05, 0.1) is 11.4 Å². The zero-order valence-electron chi connectivity index (χ0n) is 30.2. The second kappa shape index (κ2) is 13.5. The summed E-state index contributed by atoms with van der Waals surface area (Å²) in [5.41, 5.74) is 18.1. The topological polar surface area (TPSA) is 12.5 Å². The lowest BCUT2D eigenvalue weighted by Gasteiger charge is -2.32. The molecule has 0 aromatic heterocycles. The van der Waals surface area contributed by atoms with Gasteiger partial charge in [0, 0.05) is 33.5 Å². The highest BCUT2D eigenvalue weighted by molar-refractivity contribution is 6.00. The van der Waals surface area contributed by atoms with Gasteiger partial charge in [-0.15, -0.1) is 0 Å². The number of aryl methyl sites for hydroxylation is 3. The van der Waals surface area contributed by atoms with E-state index in [1.54, 1.807) is 0 Å². The van der Waals surface area contributed by atoms with Crippen molar-refractivity contribution >= 4 is 17.1 Å². The molecule has 0 amide bonds. The van der Waals surface area contributed by atoms with Gasteiger partial charge in [-0.05, 0) is 108 Å². The molecule has 1 aliphatic heterocycles. The maximum absolute atomic E-state index is 7.33. The van der Waals surface area contributed by atoms with Crippen LogP contribution in [0, 0.1) is 20.8 Å². The average molecular weight is 682 g/mol. The summed E-state index contributed by atoms with van der Waals surface area (Å²) in [4.78, 5) is 2.43. The Hall–Kier alpha value is -6.64. The number of para-hydroxylation sites is 3. The van der Waals surface area contributed by atoms with Crippen LogP contribution in [0.3, 0.4) is 0 Å². The number of fused-ring (bicyclic) bond motifs is 6. The minimum atomic E-state index is 0.810. The Morgan fingerprint density at radius 1 is 0.340 bits per heavy atom. The number of benzene rings is 8. The first-order valence-electron chi connectivity index (χ1n) is 18.3. The first-order chi connectivity index (χ1) is 26.0. The lowest BCUT2D eigenvalue weighted by Crippen LogP contribution is -2.13. The van der Waals surface area contributed by atoms with Crippen LogP contribution in [-0.2, 0) is 0 Å². The van der Waals surface area contributed by atoms with Crippen LogP contribution in [0.2, 0.25) is 0 Å². The van der Waals surface area contributed by atoms with Gasteiger partial charge in [-0.2, -0.15) is 0 Å². The molecule has 0 saturated heterocycles. The van der Waals surface area contributed by atoms with Crippen LogP contribution in [0.5, 0.6) is 11.5 Å². The summed E-state index contributed by atoms with van der Waals surface area (Å²) in [6.07, 6.45) is 0. The smallest absolute Gasteiger partial charge is 0.143 e. The Bertz CT molecular complexity index is 2640. The highest BCUT2D eigenvalue weighted by Gasteiger charge is 2.27. The Morgan fingerprint density at radius 3 is 1.34 bits per heavy atom. The third-order valence-electron chi connectivity index (χ3n) is 10.5. The molecule has 1 aliphatic rings. The molecule has 9 rings (SSSR count). The van der Waals surface area contributed by atoms with Crippen molar-refractivity contribution in [2.75, 3.05) is 4.90 Å². The SMILES string of the molecule is Cc1ccccc1-c1ccc2c(c1)-c1ccccc1Oc1c(-c3ccccc3C)cccc1-c1cc(-c3ccccc3C)ccc1N2c1ccccc1. The molecule has 2 heteroatoms. The lowest BCUT2D eigenvalue weighted by molar-refractivity contribution is 0.488. The van der Waals surface area contributed by atoms with Gasteiger partial charge in [0.2, 0.25) is 0 Å². The molecule has 0 N–H and O–H groups in total. The summed E-state index contributed by atoms with van der Waals surface area (Å²) in [5.74, 6) is 1.65. The predicted octanol–water partition coefficient (Wildman–Crippen LogP) is 14.5. The van der Waals surface area contributed by atoms with Crippen molar-refractivity contribution < 1.29 is 4.74 Å². The van der Waals surface area contributed by atoms with E-state index in [9.17, 15) is 0 Å². The molecular formula is C51H39NO. The van der Waals surface area contributed by atoms with E-state index in [0.29, 0.717) is 0 Å². The van der Waals surface area contributed by atoms with Crippen LogP contribution in [0.25, 0.3) is 55.6 Å². The summed E-state index contributed by atoms with van der Waals surface area (Å²) in [7, 11) is 0. The summed E-state index contributed by atoms with van der Waals surface area (Å²) >= 11 is 0. The van der Waals surface area contributed by atoms with Gasteiger partial charge < -0.3 is 9.64 Å². The first-order valence-corrected chi connectivity index (χ1v) is 18.3. The second-order valence-electron chi connectivity index (χ2n) is 13.9. The van der Waals surface area contributed by atoms with Crippen molar-refractivity contribution in [1.82, 2.24) is 0 Å². The van der Waals surface area contributed by atoms with E-state index in [4.69, 9.17) is 4.74 Å². The molecule has 0 radical (unpaired) electrons. The number of anilines is 3. The van der Waals surface area contributed by atoms with E-state index in [0.717, 1.165) is 73.1 Å². The first kappa shape index (κ1) is 32.3. The number of hydrogen-bond donors (Lipinski definition) is 0. The monoisotopic (exact) mass is 681 g/mol. The predicted molar refractivity (Wildman–Crippen MR) is 223 cm³/mol. The van der Waals surface area contributed by atoms with Crippen molar-refractivity contribution in [1.29, 1.82) is 0 Å². The number of nitrogens with zero attached hydrogens (tertiary/aromatic N) is 1. The van der Waals surface area contributed by atoms with E-state index >= 15 is 0 Å². The van der Waals surface area contributed by atoms with E-state index in [1.165, 1.54) is 27.8 Å². The zero-order chi connectivity index (χ0) is 35.9. The summed E-state index contributed by atoms with van der Waals surface area (Å²) < 4.78 is 7.33. The molecule has 0 atom stereocenters. The van der Waals surface area contributed by atoms with Gasteiger partial charge in [-0.1, -0.05) is 140 Å². The van der Waals surface area contributed by atoms with Crippen molar-refractivity contribution in [3.8, 4) is 67.1 Å². The quantitative estimate of drug-likeness (QED) is 0.183. The third kappa shape index (κ3) is 5.79. The summed E-state index contributed by atoms with van der Waals surface area (Å²) in [6, 6.07) is 65.4. The van der Waals surface area contributed by atoms with Gasteiger partial charge in [0.15, 0.2) is 0 Å². The second-order valence-corrected chi connectivity index (χ2v) is 13.9. The van der Waals surface area contributed by atoms with Crippen molar-refractivity contribution in [3.05, 3.63) is 199 Å². The normalized spacial score (nSPS) is 11.8. The van der Waals surface area contributed by atoms with Gasteiger partial charge in [-0.25, -0.2) is 0 Å². The molecule has 53 heavy (non-hydrogen) atoms. The van der Waals surface area contributed by atoms with Crippen LogP contribution in [0.1, 0.15) is 16.7 Å². The minimum absolute atomic E-state index is 0.810. The van der Waals surface area contributed by atoms with Gasteiger partial charge >= 0.3 is 0 Å². The Labute approximate surface area is 312 Å². The minimum Gasteiger partial charge on any atom is -0.455 e. The number of ether oxygens (including phenoxy) is 1. The summed E-state index contributed by atoms with van der Waals surface area (Å²) in [5, 5.41) is 0. The highest BCUT2D eigenvalue weighted by atomic mass is 16.5. The third-order valence-corrected chi connectivity index (χ3v) is 10.5. The van der Waals surface area contributed by atoms with Crippen LogP contribution in [0.15, 0.2) is 182 Å². The van der Waals surface area contributed by atoms with Crippen molar-refractivity contribution in [2.45, 2.75) is 20.8 Å². The largest absolute Gasteiger partial charge is 0.455 e. The molecule has 0 aliphatic carbocycles. The molecule has 0 fully saturated rings. The highest BCUT2D eigenvalue weighted by Crippen LogP contribution is 2.53. The van der Waals surface area contributed by atoms with Crippen LogP contribution >= 0.6 is 0 Å². The van der Waals surface area contributed by atoms with Crippen LogP contribution in [-0.4, -0.2) is 0 Å². The number of hydrogen-bond acceptors (Lipinski definition) is 2. The fourth-order valence-electron chi connectivity index (χ4n) is 7.84. The van der Waals surface area contributed by atoms with Crippen LogP contribution < -0.4 is 9.64 Å². The molecule has 0 spiro atoms. The summed E-state index contributed by atoms with van der Waals surface area (Å²) in [6.45, 7) is 6.54. The molecule has 0 saturated carbocycles. The Kier molecular flexibility index (Phi) is 8.21. The maximum Gasteiger partial charge on any atom is 0.143 e.